The van der Waals surface area contributed by atoms with E-state index in [0.717, 1.165) is 49.7 Å². The number of unbranched alkanes of at least 4 members (excludes halogenated alkanes) is 1. The highest BCUT2D eigenvalue weighted by Crippen LogP contribution is 2.40. The summed E-state index contributed by atoms with van der Waals surface area (Å²) in [4.78, 5) is 14.6. The second-order valence-electron chi connectivity index (χ2n) is 10.6. The first kappa shape index (κ1) is 29.6. The summed E-state index contributed by atoms with van der Waals surface area (Å²) in [6.07, 6.45) is 5.85. The average Bonchev–Trinajstić information content (AvgIpc) is 2.94. The van der Waals surface area contributed by atoms with E-state index in [9.17, 15) is 20.1 Å². The van der Waals surface area contributed by atoms with Gasteiger partial charge < -0.3 is 25.0 Å². The van der Waals surface area contributed by atoms with Crippen molar-refractivity contribution in [2.75, 3.05) is 33.4 Å². The molecule has 204 valence electrons. The van der Waals surface area contributed by atoms with Crippen molar-refractivity contribution >= 4 is 17.5 Å². The molecule has 1 heterocycles. The third kappa shape index (κ3) is 6.92. The highest BCUT2D eigenvalue weighted by atomic mass is 35.5. The Morgan fingerprint density at radius 1 is 1.16 bits per heavy atom. The predicted octanol–water partition coefficient (Wildman–Crippen LogP) is 5.15. The Bertz CT molecular complexity index is 1040. The molecule has 2 aromatic carbocycles. The number of nitrogens with zero attached hydrogens (tertiary/aromatic N) is 1. The van der Waals surface area contributed by atoms with Gasteiger partial charge in [0, 0.05) is 42.8 Å². The Kier molecular flexibility index (Phi) is 10.6. The van der Waals surface area contributed by atoms with Gasteiger partial charge in [-0.3, -0.25) is 4.79 Å². The molecule has 1 aliphatic heterocycles. The highest BCUT2D eigenvalue weighted by molar-refractivity contribution is 6.33. The second-order valence-corrected chi connectivity index (χ2v) is 11.0. The molecule has 2 atom stereocenters. The van der Waals surface area contributed by atoms with Crippen LogP contribution < -0.4 is 0 Å². The van der Waals surface area contributed by atoms with Crippen LogP contribution >= 0.6 is 11.6 Å². The van der Waals surface area contributed by atoms with Crippen LogP contribution in [0.2, 0.25) is 5.02 Å². The summed E-state index contributed by atoms with van der Waals surface area (Å²) in [5.41, 5.74) is 2.48. The standard InChI is InChI=1S/C30H42ClNO5/c1-4-22-11-7-13-24(18-22)27-25(14-8-15-26(27)31)30(36,37-3)16-6-5-10-23-12-9-17-32(19-23)28(35)29(2,20-33)21-34/h7-8,11,13-15,18,23,33-34,36H,4-6,9-10,12,16-17,19-21H2,1-3H3. The number of carbonyl (C=O) groups excluding carboxylic acids is 1. The molecule has 3 N–H and O–H groups in total. The molecule has 2 aromatic rings. The Labute approximate surface area is 226 Å². The Hall–Kier alpha value is -1.96. The lowest BCUT2D eigenvalue weighted by molar-refractivity contribution is -0.199. The molecule has 0 aliphatic carbocycles. The number of piperidine rings is 1. The number of rotatable bonds is 12. The number of aryl methyl sites for hydroxylation is 1. The van der Waals surface area contributed by atoms with Crippen molar-refractivity contribution in [1.82, 2.24) is 4.90 Å². The fourth-order valence-electron chi connectivity index (χ4n) is 5.29. The van der Waals surface area contributed by atoms with Crippen LogP contribution in [0.15, 0.2) is 42.5 Å². The van der Waals surface area contributed by atoms with E-state index in [1.807, 2.05) is 30.3 Å². The third-order valence-corrected chi connectivity index (χ3v) is 8.11. The van der Waals surface area contributed by atoms with Gasteiger partial charge in [0.05, 0.1) is 18.6 Å². The van der Waals surface area contributed by atoms with Gasteiger partial charge in [-0.1, -0.05) is 61.3 Å². The zero-order valence-electron chi connectivity index (χ0n) is 22.4. The molecule has 0 spiro atoms. The lowest BCUT2D eigenvalue weighted by atomic mass is 9.86. The van der Waals surface area contributed by atoms with E-state index in [-0.39, 0.29) is 19.1 Å². The smallest absolute Gasteiger partial charge is 0.233 e. The lowest BCUT2D eigenvalue weighted by Crippen LogP contribution is -2.50. The first-order chi connectivity index (χ1) is 17.7. The molecule has 1 amide bonds. The van der Waals surface area contributed by atoms with Crippen molar-refractivity contribution in [3.63, 3.8) is 0 Å². The minimum atomic E-state index is -1.47. The van der Waals surface area contributed by atoms with E-state index in [4.69, 9.17) is 16.3 Å². The van der Waals surface area contributed by atoms with Gasteiger partial charge in [0.2, 0.25) is 5.91 Å². The molecule has 1 saturated heterocycles. The first-order valence-corrected chi connectivity index (χ1v) is 13.8. The third-order valence-electron chi connectivity index (χ3n) is 7.79. The van der Waals surface area contributed by atoms with E-state index in [0.29, 0.717) is 36.0 Å². The molecule has 0 radical (unpaired) electrons. The number of ether oxygens (including phenoxy) is 1. The molecule has 3 rings (SSSR count). The van der Waals surface area contributed by atoms with Gasteiger partial charge >= 0.3 is 0 Å². The number of likely N-dealkylation sites (tertiary alicyclic amines) is 1. The van der Waals surface area contributed by atoms with Crippen LogP contribution in [0.5, 0.6) is 0 Å². The van der Waals surface area contributed by atoms with Crippen molar-refractivity contribution in [2.24, 2.45) is 11.3 Å². The Balaban J connectivity index is 1.66. The van der Waals surface area contributed by atoms with Crippen LogP contribution in [0.3, 0.4) is 0 Å². The van der Waals surface area contributed by atoms with E-state index in [1.165, 1.54) is 12.7 Å². The van der Waals surface area contributed by atoms with Crippen LogP contribution in [-0.2, 0) is 21.7 Å². The number of hydrogen-bond donors (Lipinski definition) is 3. The van der Waals surface area contributed by atoms with E-state index < -0.39 is 11.2 Å². The molecule has 0 saturated carbocycles. The molecule has 37 heavy (non-hydrogen) atoms. The summed E-state index contributed by atoms with van der Waals surface area (Å²) in [6, 6.07) is 13.8. The fraction of sp³-hybridized carbons (Fsp3) is 0.567. The minimum absolute atomic E-state index is 0.184. The van der Waals surface area contributed by atoms with E-state index in [1.54, 1.807) is 11.8 Å². The second kappa shape index (κ2) is 13.2. The van der Waals surface area contributed by atoms with Crippen molar-refractivity contribution in [2.45, 2.75) is 64.6 Å². The number of carbonyl (C=O) groups is 1. The topological polar surface area (TPSA) is 90.2 Å². The van der Waals surface area contributed by atoms with Gasteiger partial charge in [0.25, 0.3) is 0 Å². The zero-order chi connectivity index (χ0) is 27.1. The molecule has 0 bridgehead atoms. The summed E-state index contributed by atoms with van der Waals surface area (Å²) >= 11 is 6.65. The van der Waals surface area contributed by atoms with Crippen molar-refractivity contribution in [1.29, 1.82) is 0 Å². The van der Waals surface area contributed by atoms with Crippen molar-refractivity contribution < 1.29 is 24.9 Å². The molecule has 0 aromatic heterocycles. The zero-order valence-corrected chi connectivity index (χ0v) is 23.1. The molecular formula is C30H42ClNO5. The number of aliphatic hydroxyl groups is 3. The lowest BCUT2D eigenvalue weighted by Gasteiger charge is -2.38. The molecule has 1 aliphatic rings. The van der Waals surface area contributed by atoms with Crippen LogP contribution in [0.1, 0.15) is 63.5 Å². The van der Waals surface area contributed by atoms with Crippen LogP contribution in [0.25, 0.3) is 11.1 Å². The molecule has 2 unspecified atom stereocenters. The van der Waals surface area contributed by atoms with E-state index in [2.05, 4.69) is 19.1 Å². The number of aliphatic hydroxyl groups excluding tert-OH is 2. The molecule has 1 fully saturated rings. The van der Waals surface area contributed by atoms with Gasteiger partial charge in [-0.25, -0.2) is 0 Å². The Morgan fingerprint density at radius 3 is 2.57 bits per heavy atom. The van der Waals surface area contributed by atoms with Crippen LogP contribution in [0.4, 0.5) is 0 Å². The average molecular weight is 532 g/mol. The summed E-state index contributed by atoms with van der Waals surface area (Å²) in [6.45, 7) is 4.27. The summed E-state index contributed by atoms with van der Waals surface area (Å²) in [7, 11) is 1.52. The van der Waals surface area contributed by atoms with Crippen molar-refractivity contribution in [3.8, 4) is 11.1 Å². The predicted molar refractivity (Wildman–Crippen MR) is 147 cm³/mol. The highest BCUT2D eigenvalue weighted by Gasteiger charge is 2.37. The molecular weight excluding hydrogens is 490 g/mol. The summed E-state index contributed by atoms with van der Waals surface area (Å²) in [5, 5.41) is 31.4. The Morgan fingerprint density at radius 2 is 1.89 bits per heavy atom. The maximum atomic E-state index is 12.8. The SMILES string of the molecule is CCc1cccc(-c2c(Cl)cccc2C(O)(CCCCC2CCCN(C(=O)C(C)(CO)CO)C2)OC)c1. The largest absolute Gasteiger partial charge is 0.395 e. The normalized spacial score (nSPS) is 18.0. The first-order valence-electron chi connectivity index (χ1n) is 13.4. The maximum absolute atomic E-state index is 12.8. The number of methoxy groups -OCH3 is 1. The quantitative estimate of drug-likeness (QED) is 0.260. The van der Waals surface area contributed by atoms with Gasteiger partial charge in [0.1, 0.15) is 0 Å². The van der Waals surface area contributed by atoms with Gasteiger partial charge in [-0.15, -0.1) is 0 Å². The van der Waals surface area contributed by atoms with Crippen LogP contribution in [0, 0.1) is 11.3 Å². The van der Waals surface area contributed by atoms with Crippen LogP contribution in [-0.4, -0.2) is 59.5 Å². The molecule has 6 nitrogen and oxygen atoms in total. The minimum Gasteiger partial charge on any atom is -0.395 e. The number of benzene rings is 2. The number of halogens is 1. The monoisotopic (exact) mass is 531 g/mol. The fourth-order valence-corrected chi connectivity index (χ4v) is 5.57. The molecule has 7 heteroatoms. The van der Waals surface area contributed by atoms with Gasteiger partial charge in [-0.05, 0) is 62.1 Å². The number of hydrogen-bond acceptors (Lipinski definition) is 5. The summed E-state index contributed by atoms with van der Waals surface area (Å²) < 4.78 is 5.70. The number of amides is 1. The van der Waals surface area contributed by atoms with Gasteiger partial charge in [0.15, 0.2) is 5.79 Å². The van der Waals surface area contributed by atoms with Gasteiger partial charge in [-0.2, -0.15) is 0 Å². The maximum Gasteiger partial charge on any atom is 0.233 e. The van der Waals surface area contributed by atoms with Crippen molar-refractivity contribution in [3.05, 3.63) is 58.6 Å². The summed E-state index contributed by atoms with van der Waals surface area (Å²) in [5.74, 6) is -1.30. The van der Waals surface area contributed by atoms with E-state index >= 15 is 0 Å².